The van der Waals surface area contributed by atoms with Crippen LogP contribution in [0.2, 0.25) is 0 Å². The van der Waals surface area contributed by atoms with Gasteiger partial charge in [0, 0.05) is 17.5 Å². The van der Waals surface area contributed by atoms with E-state index in [1.165, 1.54) is 4.70 Å². The SMILES string of the molecule is Cc1c(C(=O)N2CCC[C@H]2c2nc3ccccc3s2)oc2ccccc12. The Bertz CT molecular complexity index is 1090. The minimum atomic E-state index is -0.0274. The van der Waals surface area contributed by atoms with Gasteiger partial charge in [0.25, 0.3) is 5.91 Å². The van der Waals surface area contributed by atoms with Gasteiger partial charge in [0.1, 0.15) is 10.6 Å². The zero-order valence-electron chi connectivity index (χ0n) is 14.4. The second-order valence-electron chi connectivity index (χ2n) is 6.73. The predicted molar refractivity (Wildman–Crippen MR) is 104 cm³/mol. The third-order valence-electron chi connectivity index (χ3n) is 5.15. The van der Waals surface area contributed by atoms with Crippen molar-refractivity contribution in [2.24, 2.45) is 0 Å². The highest BCUT2D eigenvalue weighted by atomic mass is 32.1. The number of nitrogens with zero attached hydrogens (tertiary/aromatic N) is 2. The molecule has 1 aliphatic rings. The molecular formula is C21H18N2O2S. The fourth-order valence-electron chi connectivity index (χ4n) is 3.81. The number of para-hydroxylation sites is 2. The van der Waals surface area contributed by atoms with Crippen molar-refractivity contribution in [3.8, 4) is 0 Å². The maximum absolute atomic E-state index is 13.2. The molecule has 1 saturated heterocycles. The molecule has 4 nitrogen and oxygen atoms in total. The number of benzene rings is 2. The Morgan fingerprint density at radius 1 is 1.19 bits per heavy atom. The molecule has 0 bridgehead atoms. The van der Waals surface area contributed by atoms with Crippen LogP contribution in [0.25, 0.3) is 21.2 Å². The van der Waals surface area contributed by atoms with Gasteiger partial charge in [0.05, 0.1) is 16.3 Å². The Morgan fingerprint density at radius 2 is 2.00 bits per heavy atom. The number of carbonyl (C=O) groups excluding carboxylic acids is 1. The first-order valence-corrected chi connectivity index (χ1v) is 9.68. The van der Waals surface area contributed by atoms with E-state index >= 15 is 0 Å². The maximum Gasteiger partial charge on any atom is 0.290 e. The van der Waals surface area contributed by atoms with Crippen LogP contribution in [-0.4, -0.2) is 22.3 Å². The highest BCUT2D eigenvalue weighted by Crippen LogP contribution is 2.38. The molecule has 0 N–H and O–H groups in total. The van der Waals surface area contributed by atoms with Crippen molar-refractivity contribution in [2.75, 3.05) is 6.54 Å². The molecule has 1 aliphatic heterocycles. The third-order valence-corrected chi connectivity index (χ3v) is 6.28. The molecule has 3 heterocycles. The number of amides is 1. The Morgan fingerprint density at radius 3 is 2.85 bits per heavy atom. The highest BCUT2D eigenvalue weighted by Gasteiger charge is 2.35. The summed E-state index contributed by atoms with van der Waals surface area (Å²) in [5, 5.41) is 2.03. The van der Waals surface area contributed by atoms with Gasteiger partial charge in [-0.25, -0.2) is 4.98 Å². The highest BCUT2D eigenvalue weighted by molar-refractivity contribution is 7.18. The van der Waals surface area contributed by atoms with Crippen molar-refractivity contribution in [1.29, 1.82) is 0 Å². The molecule has 0 radical (unpaired) electrons. The number of furan rings is 1. The molecule has 5 rings (SSSR count). The van der Waals surface area contributed by atoms with E-state index in [-0.39, 0.29) is 11.9 Å². The number of aryl methyl sites for hydroxylation is 1. The van der Waals surface area contributed by atoms with Crippen LogP contribution in [0.15, 0.2) is 52.9 Å². The van der Waals surface area contributed by atoms with Crippen LogP contribution in [0.4, 0.5) is 0 Å². The lowest BCUT2D eigenvalue weighted by molar-refractivity contribution is 0.0704. The van der Waals surface area contributed by atoms with Crippen LogP contribution in [0.1, 0.15) is 40.0 Å². The normalized spacial score (nSPS) is 17.4. The van der Waals surface area contributed by atoms with E-state index in [1.807, 2.05) is 54.3 Å². The average Bonchev–Trinajstić information content (AvgIpc) is 3.38. The summed E-state index contributed by atoms with van der Waals surface area (Å²) < 4.78 is 7.08. The largest absolute Gasteiger partial charge is 0.451 e. The minimum Gasteiger partial charge on any atom is -0.451 e. The smallest absolute Gasteiger partial charge is 0.290 e. The summed E-state index contributed by atoms with van der Waals surface area (Å²) in [5.74, 6) is 0.430. The summed E-state index contributed by atoms with van der Waals surface area (Å²) in [7, 11) is 0. The second kappa shape index (κ2) is 5.95. The number of likely N-dealkylation sites (tertiary alicyclic amines) is 1. The summed E-state index contributed by atoms with van der Waals surface area (Å²) in [4.78, 5) is 20.0. The fourth-order valence-corrected chi connectivity index (χ4v) is 4.92. The van der Waals surface area contributed by atoms with Gasteiger partial charge in [-0.05, 0) is 38.0 Å². The van der Waals surface area contributed by atoms with Crippen LogP contribution in [0.5, 0.6) is 0 Å². The number of thiazole rings is 1. The molecule has 1 amide bonds. The maximum atomic E-state index is 13.2. The molecule has 2 aromatic carbocycles. The summed E-state index contributed by atoms with van der Waals surface area (Å²) >= 11 is 1.68. The molecule has 0 saturated carbocycles. The zero-order chi connectivity index (χ0) is 17.7. The summed E-state index contributed by atoms with van der Waals surface area (Å²) in [5.41, 5.74) is 2.69. The number of carbonyl (C=O) groups is 1. The second-order valence-corrected chi connectivity index (χ2v) is 7.79. The molecule has 1 atom stereocenters. The molecule has 5 heteroatoms. The van der Waals surface area contributed by atoms with Gasteiger partial charge in [-0.2, -0.15) is 0 Å². The lowest BCUT2D eigenvalue weighted by Gasteiger charge is -2.22. The lowest BCUT2D eigenvalue weighted by Crippen LogP contribution is -2.30. The van der Waals surface area contributed by atoms with E-state index in [0.29, 0.717) is 5.76 Å². The Hall–Kier alpha value is -2.66. The van der Waals surface area contributed by atoms with Crippen molar-refractivity contribution in [3.63, 3.8) is 0 Å². The van der Waals surface area contributed by atoms with Gasteiger partial charge in [-0.3, -0.25) is 4.79 Å². The van der Waals surface area contributed by atoms with Crippen molar-refractivity contribution in [2.45, 2.75) is 25.8 Å². The Balaban J connectivity index is 1.53. The van der Waals surface area contributed by atoms with Gasteiger partial charge >= 0.3 is 0 Å². The van der Waals surface area contributed by atoms with E-state index in [9.17, 15) is 4.79 Å². The minimum absolute atomic E-state index is 0.0274. The number of rotatable bonds is 2. The molecule has 0 spiro atoms. The quantitative estimate of drug-likeness (QED) is 0.484. The van der Waals surface area contributed by atoms with Crippen LogP contribution in [-0.2, 0) is 0 Å². The van der Waals surface area contributed by atoms with Crippen molar-refractivity contribution < 1.29 is 9.21 Å². The topological polar surface area (TPSA) is 46.3 Å². The van der Waals surface area contributed by atoms with Gasteiger partial charge in [-0.1, -0.05) is 30.3 Å². The molecule has 0 aliphatic carbocycles. The van der Waals surface area contributed by atoms with Gasteiger partial charge in [-0.15, -0.1) is 11.3 Å². The van der Waals surface area contributed by atoms with Gasteiger partial charge in [0.15, 0.2) is 5.76 Å². The van der Waals surface area contributed by atoms with Gasteiger partial charge < -0.3 is 9.32 Å². The predicted octanol–water partition coefficient (Wildman–Crippen LogP) is 5.33. The molecule has 4 aromatic rings. The molecule has 2 aromatic heterocycles. The molecule has 130 valence electrons. The van der Waals surface area contributed by atoms with Crippen LogP contribution >= 0.6 is 11.3 Å². The first-order chi connectivity index (χ1) is 12.7. The molecule has 0 unspecified atom stereocenters. The summed E-state index contributed by atoms with van der Waals surface area (Å²) in [6.07, 6.45) is 1.94. The third kappa shape index (κ3) is 2.35. The van der Waals surface area contributed by atoms with Crippen LogP contribution in [0, 0.1) is 6.92 Å². The lowest BCUT2D eigenvalue weighted by atomic mass is 10.1. The Labute approximate surface area is 155 Å². The van der Waals surface area contributed by atoms with Gasteiger partial charge in [0.2, 0.25) is 0 Å². The van der Waals surface area contributed by atoms with E-state index in [4.69, 9.17) is 9.40 Å². The molecule has 26 heavy (non-hydrogen) atoms. The number of hydrogen-bond donors (Lipinski definition) is 0. The zero-order valence-corrected chi connectivity index (χ0v) is 15.3. The molecular weight excluding hydrogens is 344 g/mol. The first-order valence-electron chi connectivity index (χ1n) is 8.87. The number of aromatic nitrogens is 1. The Kier molecular flexibility index (Phi) is 3.57. The van der Waals surface area contributed by atoms with E-state index in [0.717, 1.165) is 46.4 Å². The molecule has 1 fully saturated rings. The summed E-state index contributed by atoms with van der Waals surface area (Å²) in [6, 6.07) is 16.0. The number of fused-ring (bicyclic) bond motifs is 2. The van der Waals surface area contributed by atoms with Crippen LogP contribution in [0.3, 0.4) is 0 Å². The van der Waals surface area contributed by atoms with Crippen LogP contribution < -0.4 is 0 Å². The van der Waals surface area contributed by atoms with E-state index in [2.05, 4.69) is 6.07 Å². The van der Waals surface area contributed by atoms with Crippen molar-refractivity contribution >= 4 is 38.4 Å². The van der Waals surface area contributed by atoms with E-state index in [1.54, 1.807) is 11.3 Å². The average molecular weight is 362 g/mol. The van der Waals surface area contributed by atoms with Crippen molar-refractivity contribution in [3.05, 3.63) is 64.9 Å². The standard InChI is InChI=1S/C21H18N2O2S/c1-13-14-7-2-4-10-17(14)25-19(13)21(24)23-12-6-9-16(23)20-22-15-8-3-5-11-18(15)26-20/h2-5,7-8,10-11,16H,6,9,12H2,1H3/t16-/m0/s1. The monoisotopic (exact) mass is 362 g/mol. The fraction of sp³-hybridized carbons (Fsp3) is 0.238. The number of hydrogen-bond acceptors (Lipinski definition) is 4. The van der Waals surface area contributed by atoms with Crippen molar-refractivity contribution in [1.82, 2.24) is 9.88 Å². The van der Waals surface area contributed by atoms with E-state index < -0.39 is 0 Å². The summed E-state index contributed by atoms with van der Waals surface area (Å²) in [6.45, 7) is 2.71. The first kappa shape index (κ1) is 15.6.